The van der Waals surface area contributed by atoms with Gasteiger partial charge in [0.15, 0.2) is 0 Å². The summed E-state index contributed by atoms with van der Waals surface area (Å²) in [6.07, 6.45) is 3.95. The van der Waals surface area contributed by atoms with E-state index >= 15 is 0 Å². The highest BCUT2D eigenvalue weighted by molar-refractivity contribution is 5.78. The van der Waals surface area contributed by atoms with Crippen molar-refractivity contribution in [1.29, 1.82) is 0 Å². The molecule has 0 rings (SSSR count). The maximum absolute atomic E-state index is 11.6. The smallest absolute Gasteiger partial charge is 0.223 e. The number of amides is 1. The predicted molar refractivity (Wildman–Crippen MR) is 56.6 cm³/mol. The molecule has 0 heterocycles. The molecule has 0 aromatic rings. The molecule has 0 fully saturated rings. The third-order valence-electron chi connectivity index (χ3n) is 2.69. The van der Waals surface area contributed by atoms with Crippen molar-refractivity contribution in [2.45, 2.75) is 59.4 Å². The van der Waals surface area contributed by atoms with Crippen molar-refractivity contribution in [1.82, 2.24) is 5.32 Å². The SMILES string of the molecule is CCC(CC)NC(=O)C(CC)CC. The lowest BCUT2D eigenvalue weighted by Crippen LogP contribution is -2.37. The summed E-state index contributed by atoms with van der Waals surface area (Å²) in [7, 11) is 0. The van der Waals surface area contributed by atoms with Crippen molar-refractivity contribution in [3.8, 4) is 0 Å². The zero-order chi connectivity index (χ0) is 10.3. The van der Waals surface area contributed by atoms with Crippen LogP contribution in [0.5, 0.6) is 0 Å². The summed E-state index contributed by atoms with van der Waals surface area (Å²) in [4.78, 5) is 11.6. The van der Waals surface area contributed by atoms with Crippen LogP contribution in [-0.2, 0) is 4.79 Å². The van der Waals surface area contributed by atoms with Gasteiger partial charge in [-0.25, -0.2) is 0 Å². The van der Waals surface area contributed by atoms with Gasteiger partial charge < -0.3 is 5.32 Å². The molecule has 0 aromatic heterocycles. The van der Waals surface area contributed by atoms with Gasteiger partial charge >= 0.3 is 0 Å². The molecule has 0 saturated carbocycles. The maximum Gasteiger partial charge on any atom is 0.223 e. The third-order valence-corrected chi connectivity index (χ3v) is 2.69. The summed E-state index contributed by atoms with van der Waals surface area (Å²) in [6.45, 7) is 8.37. The van der Waals surface area contributed by atoms with E-state index in [0.717, 1.165) is 25.7 Å². The molecule has 0 unspecified atom stereocenters. The number of hydrogen-bond acceptors (Lipinski definition) is 1. The minimum atomic E-state index is 0.209. The molecule has 0 saturated heterocycles. The van der Waals surface area contributed by atoms with Crippen LogP contribution in [0.15, 0.2) is 0 Å². The van der Waals surface area contributed by atoms with Crippen molar-refractivity contribution < 1.29 is 4.79 Å². The van der Waals surface area contributed by atoms with Crippen LogP contribution in [0.2, 0.25) is 0 Å². The Hall–Kier alpha value is -0.530. The standard InChI is InChI=1S/C11H23NO/c1-5-9(6-2)11(13)12-10(7-3)8-4/h9-10H,5-8H2,1-4H3,(H,12,13). The van der Waals surface area contributed by atoms with Gasteiger partial charge in [0.2, 0.25) is 5.91 Å². The van der Waals surface area contributed by atoms with Crippen LogP contribution in [0, 0.1) is 5.92 Å². The number of carbonyl (C=O) groups is 1. The molecule has 1 N–H and O–H groups in total. The topological polar surface area (TPSA) is 29.1 Å². The van der Waals surface area contributed by atoms with Crippen LogP contribution in [0.25, 0.3) is 0 Å². The molecule has 0 radical (unpaired) electrons. The summed E-state index contributed by atoms with van der Waals surface area (Å²) in [5, 5.41) is 3.08. The lowest BCUT2D eigenvalue weighted by molar-refractivity contribution is -0.125. The van der Waals surface area contributed by atoms with Crippen LogP contribution < -0.4 is 5.32 Å². The Labute approximate surface area is 82.1 Å². The molecule has 2 nitrogen and oxygen atoms in total. The highest BCUT2D eigenvalue weighted by Gasteiger charge is 2.16. The highest BCUT2D eigenvalue weighted by atomic mass is 16.1. The molecule has 0 atom stereocenters. The lowest BCUT2D eigenvalue weighted by Gasteiger charge is -2.18. The Morgan fingerprint density at radius 1 is 1.00 bits per heavy atom. The zero-order valence-corrected chi connectivity index (χ0v) is 9.39. The van der Waals surface area contributed by atoms with Crippen molar-refractivity contribution in [2.24, 2.45) is 5.92 Å². The molecule has 0 aromatic carbocycles. The Balaban J connectivity index is 3.95. The van der Waals surface area contributed by atoms with E-state index in [2.05, 4.69) is 33.0 Å². The first-order valence-electron chi connectivity index (χ1n) is 5.49. The Bertz CT molecular complexity index is 137. The Morgan fingerprint density at radius 3 is 1.77 bits per heavy atom. The van der Waals surface area contributed by atoms with Gasteiger partial charge in [-0.3, -0.25) is 4.79 Å². The van der Waals surface area contributed by atoms with Gasteiger partial charge in [0.25, 0.3) is 0 Å². The Kier molecular flexibility index (Phi) is 6.65. The van der Waals surface area contributed by atoms with Gasteiger partial charge in [-0.1, -0.05) is 27.7 Å². The largest absolute Gasteiger partial charge is 0.353 e. The van der Waals surface area contributed by atoms with Crippen molar-refractivity contribution >= 4 is 5.91 Å². The lowest BCUT2D eigenvalue weighted by atomic mass is 10.0. The average Bonchev–Trinajstić information content (AvgIpc) is 2.16. The second-order valence-corrected chi connectivity index (χ2v) is 3.54. The number of nitrogens with one attached hydrogen (secondary N) is 1. The number of hydrogen-bond donors (Lipinski definition) is 1. The van der Waals surface area contributed by atoms with Gasteiger partial charge in [0, 0.05) is 12.0 Å². The molecule has 1 amide bonds. The fourth-order valence-electron chi connectivity index (χ4n) is 1.47. The van der Waals surface area contributed by atoms with Crippen LogP contribution in [0.3, 0.4) is 0 Å². The van der Waals surface area contributed by atoms with Gasteiger partial charge in [0.05, 0.1) is 0 Å². The summed E-state index contributed by atoms with van der Waals surface area (Å²) in [5.41, 5.74) is 0. The zero-order valence-electron chi connectivity index (χ0n) is 9.39. The highest BCUT2D eigenvalue weighted by Crippen LogP contribution is 2.08. The molecule has 0 aliphatic heterocycles. The Morgan fingerprint density at radius 2 is 1.46 bits per heavy atom. The minimum Gasteiger partial charge on any atom is -0.353 e. The van der Waals surface area contributed by atoms with Gasteiger partial charge in [-0.05, 0) is 25.7 Å². The molecule has 0 bridgehead atoms. The van der Waals surface area contributed by atoms with E-state index in [1.165, 1.54) is 0 Å². The quantitative estimate of drug-likeness (QED) is 0.677. The first kappa shape index (κ1) is 12.5. The minimum absolute atomic E-state index is 0.209. The van der Waals surface area contributed by atoms with Gasteiger partial charge in [-0.15, -0.1) is 0 Å². The maximum atomic E-state index is 11.6. The van der Waals surface area contributed by atoms with Crippen LogP contribution in [-0.4, -0.2) is 11.9 Å². The normalized spacial score (nSPS) is 10.9. The fraction of sp³-hybridized carbons (Fsp3) is 0.909. The first-order chi connectivity index (χ1) is 6.19. The molecular formula is C11H23NO. The molecule has 78 valence electrons. The van der Waals surface area contributed by atoms with E-state index in [-0.39, 0.29) is 11.8 Å². The van der Waals surface area contributed by atoms with Crippen LogP contribution in [0.4, 0.5) is 0 Å². The summed E-state index contributed by atoms with van der Waals surface area (Å²) in [6, 6.07) is 0.369. The summed E-state index contributed by atoms with van der Waals surface area (Å²) >= 11 is 0. The van der Waals surface area contributed by atoms with Crippen LogP contribution in [0.1, 0.15) is 53.4 Å². The average molecular weight is 185 g/mol. The van der Waals surface area contributed by atoms with Crippen molar-refractivity contribution in [3.63, 3.8) is 0 Å². The number of rotatable bonds is 6. The molecule has 13 heavy (non-hydrogen) atoms. The molecule has 0 spiro atoms. The second kappa shape index (κ2) is 6.93. The second-order valence-electron chi connectivity index (χ2n) is 3.54. The molecule has 0 aliphatic carbocycles. The predicted octanol–water partition coefficient (Wildman–Crippen LogP) is 2.73. The third kappa shape index (κ3) is 4.30. The first-order valence-corrected chi connectivity index (χ1v) is 5.49. The van der Waals surface area contributed by atoms with Crippen molar-refractivity contribution in [2.75, 3.05) is 0 Å². The van der Waals surface area contributed by atoms with Gasteiger partial charge in [-0.2, -0.15) is 0 Å². The van der Waals surface area contributed by atoms with Crippen molar-refractivity contribution in [3.05, 3.63) is 0 Å². The van der Waals surface area contributed by atoms with E-state index in [0.29, 0.717) is 6.04 Å². The summed E-state index contributed by atoms with van der Waals surface area (Å²) in [5.74, 6) is 0.444. The van der Waals surface area contributed by atoms with E-state index in [9.17, 15) is 4.79 Å². The fourth-order valence-corrected chi connectivity index (χ4v) is 1.47. The number of carbonyl (C=O) groups excluding carboxylic acids is 1. The van der Waals surface area contributed by atoms with E-state index in [1.54, 1.807) is 0 Å². The molecule has 2 heteroatoms. The van der Waals surface area contributed by atoms with Gasteiger partial charge in [0.1, 0.15) is 0 Å². The monoisotopic (exact) mass is 185 g/mol. The van der Waals surface area contributed by atoms with Crippen LogP contribution >= 0.6 is 0 Å². The van der Waals surface area contributed by atoms with E-state index in [1.807, 2.05) is 0 Å². The molecule has 0 aliphatic rings. The van der Waals surface area contributed by atoms with E-state index < -0.39 is 0 Å². The molecular weight excluding hydrogens is 162 g/mol. The van der Waals surface area contributed by atoms with E-state index in [4.69, 9.17) is 0 Å². The summed E-state index contributed by atoms with van der Waals surface area (Å²) < 4.78 is 0.